The largest absolute Gasteiger partial charge is 0.493 e. The van der Waals surface area contributed by atoms with Crippen molar-refractivity contribution < 1.29 is 28.6 Å². The third-order valence-electron chi connectivity index (χ3n) is 8.11. The van der Waals surface area contributed by atoms with Crippen LogP contribution >= 0.6 is 36.2 Å². The van der Waals surface area contributed by atoms with E-state index < -0.39 is 46.5 Å². The van der Waals surface area contributed by atoms with Crippen LogP contribution in [0.3, 0.4) is 0 Å². The Bertz CT molecular complexity index is 1340. The number of aryl methyl sites for hydroxylation is 1. The van der Waals surface area contributed by atoms with Crippen LogP contribution in [0.4, 0.5) is 4.39 Å². The highest BCUT2D eigenvalue weighted by Gasteiger charge is 2.56. The van der Waals surface area contributed by atoms with Gasteiger partial charge in [0.15, 0.2) is 5.67 Å². The molecule has 2 unspecified atom stereocenters. The van der Waals surface area contributed by atoms with E-state index in [9.17, 15) is 23.9 Å². The lowest BCUT2D eigenvalue weighted by atomic mass is 9.82. The van der Waals surface area contributed by atoms with Crippen molar-refractivity contribution in [3.63, 3.8) is 0 Å². The van der Waals surface area contributed by atoms with Gasteiger partial charge in [0, 0.05) is 19.4 Å². The van der Waals surface area contributed by atoms with Crippen molar-refractivity contribution in [2.45, 2.75) is 89.6 Å². The van der Waals surface area contributed by atoms with Crippen LogP contribution < -0.4 is 21.5 Å². The van der Waals surface area contributed by atoms with E-state index in [0.717, 1.165) is 29.0 Å². The van der Waals surface area contributed by atoms with Gasteiger partial charge in [0.1, 0.15) is 17.3 Å². The second kappa shape index (κ2) is 14.7. The standard InChI is InChI=1S/C30H42FN5O5S.2ClH/c1-18-23(42-17-34-18)19-7-8-20(22(13-19)41-12-6-5-11-32)14-30(26(33)39)15-21(37)16-36(30)25(38)24(28(2,3)4)35-27(40)29(31)9-10-29;;/h7-8,13,17,21,24,37H,5-6,9-12,14-16,32H2,1-4H3,(H2,33,39)(H,35,40);2*1H/t21?,24-,30?;;/m1../s1. The van der Waals surface area contributed by atoms with E-state index in [4.69, 9.17) is 16.2 Å². The number of nitrogens with two attached hydrogens (primary N) is 2. The second-order valence-electron chi connectivity index (χ2n) is 12.6. The molecule has 2 aliphatic rings. The van der Waals surface area contributed by atoms with E-state index in [1.165, 1.54) is 16.2 Å². The minimum atomic E-state index is -1.98. The van der Waals surface area contributed by atoms with E-state index in [1.807, 2.05) is 25.1 Å². The lowest BCUT2D eigenvalue weighted by Gasteiger charge is -2.41. The minimum absolute atomic E-state index is 0. The van der Waals surface area contributed by atoms with Crippen molar-refractivity contribution in [1.29, 1.82) is 0 Å². The number of primary amides is 1. The summed E-state index contributed by atoms with van der Waals surface area (Å²) in [7, 11) is 0. The number of hydrogen-bond donors (Lipinski definition) is 4. The molecule has 1 aromatic heterocycles. The maximum absolute atomic E-state index is 14.6. The molecule has 2 heterocycles. The van der Waals surface area contributed by atoms with E-state index in [0.29, 0.717) is 24.5 Å². The number of hydrogen-bond acceptors (Lipinski definition) is 8. The van der Waals surface area contributed by atoms with Crippen molar-refractivity contribution in [3.8, 4) is 16.2 Å². The van der Waals surface area contributed by atoms with E-state index in [2.05, 4.69) is 10.3 Å². The van der Waals surface area contributed by atoms with Crippen molar-refractivity contribution in [2.24, 2.45) is 16.9 Å². The number of halogens is 3. The smallest absolute Gasteiger partial charge is 0.258 e. The zero-order valence-corrected chi connectivity index (χ0v) is 28.0. The molecule has 44 heavy (non-hydrogen) atoms. The van der Waals surface area contributed by atoms with Crippen molar-refractivity contribution >= 4 is 53.9 Å². The molecule has 1 aromatic carbocycles. The number of alkyl halides is 1. The Balaban J connectivity index is 0.00000337. The molecule has 2 aromatic rings. The summed E-state index contributed by atoms with van der Waals surface area (Å²) in [6.07, 6.45) is 0.578. The number of amides is 3. The fourth-order valence-electron chi connectivity index (χ4n) is 5.44. The average molecular weight is 677 g/mol. The molecule has 4 rings (SSSR count). The van der Waals surface area contributed by atoms with Crippen molar-refractivity contribution in [2.75, 3.05) is 19.7 Å². The van der Waals surface area contributed by atoms with Gasteiger partial charge < -0.3 is 31.5 Å². The van der Waals surface area contributed by atoms with Crippen LogP contribution in [0.2, 0.25) is 0 Å². The third kappa shape index (κ3) is 8.00. The highest BCUT2D eigenvalue weighted by molar-refractivity contribution is 7.13. The van der Waals surface area contributed by atoms with Gasteiger partial charge >= 0.3 is 0 Å². The predicted octanol–water partition coefficient (Wildman–Crippen LogP) is 3.47. The summed E-state index contributed by atoms with van der Waals surface area (Å²) >= 11 is 1.50. The molecule has 3 amide bonds. The van der Waals surface area contributed by atoms with Crippen LogP contribution in [0.5, 0.6) is 5.75 Å². The van der Waals surface area contributed by atoms with Crippen molar-refractivity contribution in [1.82, 2.24) is 15.2 Å². The Morgan fingerprint density at radius 2 is 1.93 bits per heavy atom. The number of thiazole rings is 1. The number of rotatable bonds is 12. The molecule has 2 fully saturated rings. The lowest BCUT2D eigenvalue weighted by Crippen LogP contribution is -2.64. The number of nitrogens with zero attached hydrogens (tertiary/aromatic N) is 2. The average Bonchev–Trinajstić information content (AvgIpc) is 3.37. The fourth-order valence-corrected chi connectivity index (χ4v) is 6.24. The summed E-state index contributed by atoms with van der Waals surface area (Å²) in [6, 6.07) is 4.49. The summed E-state index contributed by atoms with van der Waals surface area (Å²) in [6.45, 7) is 7.94. The van der Waals surface area contributed by atoms with Crippen molar-refractivity contribution in [3.05, 3.63) is 35.0 Å². The van der Waals surface area contributed by atoms with Gasteiger partial charge in [0.25, 0.3) is 5.91 Å². The number of aliphatic hydroxyl groups is 1. The lowest BCUT2D eigenvalue weighted by molar-refractivity contribution is -0.149. The molecule has 246 valence electrons. The third-order valence-corrected chi connectivity index (χ3v) is 9.08. The van der Waals surface area contributed by atoms with E-state index in [-0.39, 0.29) is 57.0 Å². The summed E-state index contributed by atoms with van der Waals surface area (Å²) in [4.78, 5) is 46.7. The normalized spacial score (nSPS) is 21.1. The van der Waals surface area contributed by atoms with Gasteiger partial charge in [-0.1, -0.05) is 32.9 Å². The Morgan fingerprint density at radius 3 is 2.48 bits per heavy atom. The number of carbonyl (C=O) groups excluding carboxylic acids is 3. The van der Waals surface area contributed by atoms with Crippen LogP contribution in [0, 0.1) is 12.3 Å². The quantitative estimate of drug-likeness (QED) is 0.251. The van der Waals surface area contributed by atoms with Crippen LogP contribution in [0.15, 0.2) is 23.7 Å². The molecule has 0 bridgehead atoms. The molecular weight excluding hydrogens is 632 g/mol. The molecule has 1 saturated carbocycles. The van der Waals surface area contributed by atoms with Crippen LogP contribution in [-0.2, 0) is 20.8 Å². The summed E-state index contributed by atoms with van der Waals surface area (Å²) in [5, 5.41) is 13.4. The number of aliphatic hydroxyl groups excluding tert-OH is 1. The highest BCUT2D eigenvalue weighted by atomic mass is 35.5. The van der Waals surface area contributed by atoms with Gasteiger partial charge in [-0.25, -0.2) is 9.37 Å². The zero-order chi connectivity index (χ0) is 30.9. The van der Waals surface area contributed by atoms with E-state index in [1.54, 1.807) is 26.3 Å². The summed E-state index contributed by atoms with van der Waals surface area (Å²) < 4.78 is 20.8. The minimum Gasteiger partial charge on any atom is -0.493 e. The molecule has 3 atom stereocenters. The first-order valence-corrected chi connectivity index (χ1v) is 15.3. The molecule has 6 N–H and O–H groups in total. The first-order chi connectivity index (χ1) is 19.7. The van der Waals surface area contributed by atoms with Gasteiger partial charge in [-0.05, 0) is 61.8 Å². The number of β-amino-alcohol motifs (C(OH)–C–C–N with tert-alkyl or cyclic N) is 1. The number of carbonyl (C=O) groups is 3. The molecule has 1 saturated heterocycles. The number of likely N-dealkylation sites (tertiary alicyclic amines) is 1. The first-order valence-electron chi connectivity index (χ1n) is 14.4. The molecule has 10 nitrogen and oxygen atoms in total. The van der Waals surface area contributed by atoms with Crippen LogP contribution in [0.25, 0.3) is 10.4 Å². The second-order valence-corrected chi connectivity index (χ2v) is 13.4. The number of aromatic nitrogens is 1. The van der Waals surface area contributed by atoms with Gasteiger partial charge in [0.05, 0.1) is 28.8 Å². The maximum Gasteiger partial charge on any atom is 0.258 e. The van der Waals surface area contributed by atoms with Crippen LogP contribution in [0.1, 0.15) is 64.1 Å². The molecule has 0 radical (unpaired) electrons. The number of ether oxygens (including phenoxy) is 1. The topological polar surface area (TPSA) is 161 Å². The monoisotopic (exact) mass is 675 g/mol. The van der Waals surface area contributed by atoms with Gasteiger partial charge in [-0.2, -0.15) is 0 Å². The number of benzene rings is 1. The van der Waals surface area contributed by atoms with Gasteiger partial charge in [0.2, 0.25) is 11.8 Å². The summed E-state index contributed by atoms with van der Waals surface area (Å²) in [5.74, 6) is -1.70. The zero-order valence-electron chi connectivity index (χ0n) is 25.6. The molecule has 14 heteroatoms. The molecular formula is C30H44Cl2FN5O5S. The van der Waals surface area contributed by atoms with Crippen LogP contribution in [-0.4, -0.2) is 75.8 Å². The number of unbranched alkanes of at least 4 members (excludes halogenated alkanes) is 1. The van der Waals surface area contributed by atoms with Gasteiger partial charge in [-0.15, -0.1) is 36.2 Å². The SMILES string of the molecule is Cc1ncsc1-c1ccc(CC2(C(N)=O)CC(O)CN2C(=O)[C@@H](NC(=O)C2(F)CC2)C(C)(C)C)c(OCCCCN)c1.Cl.Cl. The molecule has 0 spiro atoms. The Morgan fingerprint density at radius 1 is 1.25 bits per heavy atom. The van der Waals surface area contributed by atoms with E-state index >= 15 is 0 Å². The van der Waals surface area contributed by atoms with Gasteiger partial charge in [-0.3, -0.25) is 14.4 Å². The molecule has 1 aliphatic heterocycles. The fraction of sp³-hybridized carbons (Fsp3) is 0.600. The number of nitrogens with one attached hydrogen (secondary N) is 1. The maximum atomic E-state index is 14.6. The first kappa shape index (κ1) is 37.7. The highest BCUT2D eigenvalue weighted by Crippen LogP contribution is 2.42. The Labute approximate surface area is 274 Å². The Kier molecular flexibility index (Phi) is 12.6. The Hall–Kier alpha value is -2.51. The predicted molar refractivity (Wildman–Crippen MR) is 173 cm³/mol. The summed E-state index contributed by atoms with van der Waals surface area (Å²) in [5.41, 5.74) is 11.5. The molecule has 1 aliphatic carbocycles.